The first kappa shape index (κ1) is 14.0. The molecule has 2 aromatic rings. The summed E-state index contributed by atoms with van der Waals surface area (Å²) in [4.78, 5) is 16.2. The highest BCUT2D eigenvalue weighted by Crippen LogP contribution is 2.24. The maximum atomic E-state index is 12.2. The van der Waals surface area contributed by atoms with Gasteiger partial charge < -0.3 is 5.32 Å². The number of anilines is 1. The zero-order valence-corrected chi connectivity index (χ0v) is 12.0. The molecule has 1 aromatic heterocycles. The minimum Gasteiger partial charge on any atom is -0.323 e. The molecule has 1 fully saturated rings. The molecule has 2 atom stereocenters. The molecule has 1 aliphatic rings. The van der Waals surface area contributed by atoms with Gasteiger partial charge in [0.2, 0.25) is 5.91 Å². The molecule has 108 valence electrons. The molecule has 2 heterocycles. The van der Waals surface area contributed by atoms with Crippen LogP contribution < -0.4 is 16.2 Å². The van der Waals surface area contributed by atoms with Gasteiger partial charge in [0, 0.05) is 17.3 Å². The lowest BCUT2D eigenvalue weighted by atomic mass is 10.0. The predicted molar refractivity (Wildman–Crippen MR) is 81.7 cm³/mol. The molecule has 3 N–H and O–H groups in total. The molecular weight excluding hydrogens is 288 g/mol. The first-order valence-corrected chi connectivity index (χ1v) is 7.07. The Morgan fingerprint density at radius 1 is 1.29 bits per heavy atom. The van der Waals surface area contributed by atoms with E-state index in [0.717, 1.165) is 5.56 Å². The van der Waals surface area contributed by atoms with Gasteiger partial charge in [-0.3, -0.25) is 9.78 Å². The fourth-order valence-corrected chi connectivity index (χ4v) is 2.53. The quantitative estimate of drug-likeness (QED) is 0.814. The SMILES string of the molecule is O=C(Nc1cccnc1)C1CC(c2cccc(Cl)c2)NN1. The van der Waals surface area contributed by atoms with Gasteiger partial charge in [0.15, 0.2) is 0 Å². The molecule has 2 unspecified atom stereocenters. The fraction of sp³-hybridized carbons (Fsp3) is 0.200. The zero-order chi connectivity index (χ0) is 14.7. The molecule has 6 heteroatoms. The van der Waals surface area contributed by atoms with Gasteiger partial charge >= 0.3 is 0 Å². The minimum absolute atomic E-state index is 0.0633. The van der Waals surface area contributed by atoms with Gasteiger partial charge in [-0.1, -0.05) is 23.7 Å². The zero-order valence-electron chi connectivity index (χ0n) is 11.2. The smallest absolute Gasteiger partial charge is 0.242 e. The maximum Gasteiger partial charge on any atom is 0.242 e. The third-order valence-corrected chi connectivity index (χ3v) is 3.63. The summed E-state index contributed by atoms with van der Waals surface area (Å²) < 4.78 is 0. The largest absolute Gasteiger partial charge is 0.323 e. The van der Waals surface area contributed by atoms with Crippen molar-refractivity contribution in [1.29, 1.82) is 0 Å². The molecular formula is C15H15ClN4O. The Hall–Kier alpha value is -1.95. The van der Waals surface area contributed by atoms with Crippen molar-refractivity contribution in [3.8, 4) is 0 Å². The van der Waals surface area contributed by atoms with Crippen LogP contribution in [0.25, 0.3) is 0 Å². The van der Waals surface area contributed by atoms with Crippen molar-refractivity contribution in [3.63, 3.8) is 0 Å². The van der Waals surface area contributed by atoms with E-state index in [-0.39, 0.29) is 18.0 Å². The van der Waals surface area contributed by atoms with E-state index in [9.17, 15) is 4.79 Å². The van der Waals surface area contributed by atoms with Crippen molar-refractivity contribution in [2.45, 2.75) is 18.5 Å². The van der Waals surface area contributed by atoms with Crippen LogP contribution in [0.2, 0.25) is 5.02 Å². The summed E-state index contributed by atoms with van der Waals surface area (Å²) >= 11 is 6.00. The maximum absolute atomic E-state index is 12.2. The summed E-state index contributed by atoms with van der Waals surface area (Å²) in [6, 6.07) is 11.0. The average Bonchev–Trinajstić information content (AvgIpc) is 2.98. The number of pyridine rings is 1. The van der Waals surface area contributed by atoms with E-state index in [1.807, 2.05) is 30.3 Å². The monoisotopic (exact) mass is 302 g/mol. The second-order valence-corrected chi connectivity index (χ2v) is 5.35. The van der Waals surface area contributed by atoms with Crippen molar-refractivity contribution in [2.24, 2.45) is 0 Å². The van der Waals surface area contributed by atoms with Crippen LogP contribution in [0.5, 0.6) is 0 Å². The van der Waals surface area contributed by atoms with Crippen LogP contribution in [-0.4, -0.2) is 16.9 Å². The lowest BCUT2D eigenvalue weighted by Crippen LogP contribution is -2.39. The third-order valence-electron chi connectivity index (χ3n) is 3.40. The average molecular weight is 303 g/mol. The number of aromatic nitrogens is 1. The van der Waals surface area contributed by atoms with E-state index in [1.54, 1.807) is 18.5 Å². The summed E-state index contributed by atoms with van der Waals surface area (Å²) in [7, 11) is 0. The Morgan fingerprint density at radius 2 is 2.19 bits per heavy atom. The number of halogens is 1. The molecule has 0 saturated carbocycles. The minimum atomic E-state index is -0.297. The number of carbonyl (C=O) groups is 1. The fourth-order valence-electron chi connectivity index (χ4n) is 2.34. The molecule has 3 rings (SSSR count). The van der Waals surface area contributed by atoms with E-state index in [0.29, 0.717) is 17.1 Å². The van der Waals surface area contributed by atoms with Gasteiger partial charge in [-0.25, -0.2) is 10.9 Å². The van der Waals surface area contributed by atoms with E-state index in [4.69, 9.17) is 11.6 Å². The topological polar surface area (TPSA) is 66.0 Å². The number of benzene rings is 1. The Labute approximate surface area is 127 Å². The first-order valence-electron chi connectivity index (χ1n) is 6.70. The number of hydrogen-bond acceptors (Lipinski definition) is 4. The van der Waals surface area contributed by atoms with Crippen LogP contribution in [-0.2, 0) is 4.79 Å². The molecule has 0 aliphatic carbocycles. The van der Waals surface area contributed by atoms with E-state index in [1.165, 1.54) is 0 Å². The third kappa shape index (κ3) is 3.39. The highest BCUT2D eigenvalue weighted by atomic mass is 35.5. The molecule has 1 amide bonds. The lowest BCUT2D eigenvalue weighted by molar-refractivity contribution is -0.117. The van der Waals surface area contributed by atoms with Crippen molar-refractivity contribution < 1.29 is 4.79 Å². The molecule has 0 spiro atoms. The number of hydrogen-bond donors (Lipinski definition) is 3. The van der Waals surface area contributed by atoms with Gasteiger partial charge in [0.25, 0.3) is 0 Å². The number of carbonyl (C=O) groups excluding carboxylic acids is 1. The van der Waals surface area contributed by atoms with Crippen molar-refractivity contribution in [3.05, 3.63) is 59.4 Å². The lowest BCUT2D eigenvalue weighted by Gasteiger charge is -2.10. The Kier molecular flexibility index (Phi) is 4.15. The number of hydrazine groups is 1. The molecule has 5 nitrogen and oxygen atoms in total. The van der Waals surface area contributed by atoms with Crippen LogP contribution in [0.15, 0.2) is 48.8 Å². The van der Waals surface area contributed by atoms with Crippen LogP contribution >= 0.6 is 11.6 Å². The Bertz CT molecular complexity index is 635. The highest BCUT2D eigenvalue weighted by Gasteiger charge is 2.30. The van der Waals surface area contributed by atoms with Crippen LogP contribution in [0.3, 0.4) is 0 Å². The van der Waals surface area contributed by atoms with Gasteiger partial charge in [-0.05, 0) is 36.2 Å². The van der Waals surface area contributed by atoms with E-state index < -0.39 is 0 Å². The highest BCUT2D eigenvalue weighted by molar-refractivity contribution is 6.30. The van der Waals surface area contributed by atoms with E-state index >= 15 is 0 Å². The molecule has 21 heavy (non-hydrogen) atoms. The summed E-state index contributed by atoms with van der Waals surface area (Å²) in [5.41, 5.74) is 7.90. The van der Waals surface area contributed by atoms with Crippen molar-refractivity contribution >= 4 is 23.2 Å². The summed E-state index contributed by atoms with van der Waals surface area (Å²) in [5.74, 6) is -0.0833. The summed E-state index contributed by atoms with van der Waals surface area (Å²) in [6.07, 6.45) is 3.95. The van der Waals surface area contributed by atoms with Crippen LogP contribution in [0.1, 0.15) is 18.0 Å². The molecule has 0 bridgehead atoms. The standard InChI is InChI=1S/C15H15ClN4O/c16-11-4-1-3-10(7-11)13-8-14(20-19-13)15(21)18-12-5-2-6-17-9-12/h1-7,9,13-14,19-20H,8H2,(H,18,21). The molecule has 0 radical (unpaired) electrons. The molecule has 1 aromatic carbocycles. The number of nitrogens with one attached hydrogen (secondary N) is 3. The second-order valence-electron chi connectivity index (χ2n) is 4.92. The van der Waals surface area contributed by atoms with Gasteiger partial charge in [-0.15, -0.1) is 0 Å². The summed E-state index contributed by atoms with van der Waals surface area (Å²) in [6.45, 7) is 0. The van der Waals surface area contributed by atoms with Crippen molar-refractivity contribution in [1.82, 2.24) is 15.8 Å². The number of amides is 1. The second kappa shape index (κ2) is 6.22. The number of rotatable bonds is 3. The van der Waals surface area contributed by atoms with Gasteiger partial charge in [0.05, 0.1) is 11.9 Å². The first-order chi connectivity index (χ1) is 10.2. The van der Waals surface area contributed by atoms with Gasteiger partial charge in [-0.2, -0.15) is 0 Å². The van der Waals surface area contributed by atoms with Crippen LogP contribution in [0.4, 0.5) is 5.69 Å². The molecule has 1 aliphatic heterocycles. The van der Waals surface area contributed by atoms with Crippen molar-refractivity contribution in [2.75, 3.05) is 5.32 Å². The normalized spacial score (nSPS) is 21.2. The summed E-state index contributed by atoms with van der Waals surface area (Å²) in [5, 5.41) is 3.53. The van der Waals surface area contributed by atoms with Gasteiger partial charge in [0.1, 0.15) is 6.04 Å². The Balaban J connectivity index is 1.63. The number of nitrogens with zero attached hydrogens (tertiary/aromatic N) is 1. The van der Waals surface area contributed by atoms with Crippen LogP contribution in [0, 0.1) is 0 Å². The Morgan fingerprint density at radius 3 is 2.95 bits per heavy atom. The predicted octanol–water partition coefficient (Wildman–Crippen LogP) is 2.28. The van der Waals surface area contributed by atoms with E-state index in [2.05, 4.69) is 21.2 Å². The molecule has 1 saturated heterocycles.